The van der Waals surface area contributed by atoms with E-state index < -0.39 is 0 Å². The Morgan fingerprint density at radius 3 is 2.82 bits per heavy atom. The first-order chi connectivity index (χ1) is 16.1. The van der Waals surface area contributed by atoms with Crippen LogP contribution in [0.15, 0.2) is 38.3 Å². The molecule has 0 radical (unpaired) electrons. The number of aryl methyl sites for hydroxylation is 3. The Morgan fingerprint density at radius 1 is 1.15 bits per heavy atom. The second kappa shape index (κ2) is 8.77. The Labute approximate surface area is 195 Å². The first kappa shape index (κ1) is 21.3. The van der Waals surface area contributed by atoms with Crippen LogP contribution in [0.5, 0.6) is 5.75 Å². The third-order valence-corrected chi connectivity index (χ3v) is 5.82. The third-order valence-electron chi connectivity index (χ3n) is 5.44. The van der Waals surface area contributed by atoms with Gasteiger partial charge in [-0.1, -0.05) is 37.1 Å². The number of hydrogen-bond donors (Lipinski definition) is 2. The summed E-state index contributed by atoms with van der Waals surface area (Å²) in [7, 11) is 0. The summed E-state index contributed by atoms with van der Waals surface area (Å²) in [5.41, 5.74) is 1.16. The fourth-order valence-corrected chi connectivity index (χ4v) is 4.17. The summed E-state index contributed by atoms with van der Waals surface area (Å²) < 4.78 is 9.23. The van der Waals surface area contributed by atoms with Crippen molar-refractivity contribution in [1.29, 1.82) is 0 Å². The number of imidazole rings is 1. The number of phenolic OH excluding ortho intramolecular Hbond substituents is 1. The lowest BCUT2D eigenvalue weighted by Gasteiger charge is -2.09. The Hall–Kier alpha value is -3.54. The van der Waals surface area contributed by atoms with Crippen LogP contribution in [0.2, 0.25) is 0 Å². The molecule has 1 aromatic carbocycles. The topological polar surface area (TPSA) is 140 Å². The molecule has 5 rings (SSSR count). The van der Waals surface area contributed by atoms with E-state index in [9.17, 15) is 9.90 Å². The van der Waals surface area contributed by atoms with E-state index in [-0.39, 0.29) is 17.2 Å². The quantitative estimate of drug-likeness (QED) is 0.238. The van der Waals surface area contributed by atoms with Crippen LogP contribution in [-0.2, 0) is 19.4 Å². The summed E-state index contributed by atoms with van der Waals surface area (Å²) in [5, 5.41) is 22.6. The van der Waals surface area contributed by atoms with Crippen molar-refractivity contribution in [2.75, 3.05) is 0 Å². The van der Waals surface area contributed by atoms with Gasteiger partial charge in [-0.25, -0.2) is 9.38 Å². The summed E-state index contributed by atoms with van der Waals surface area (Å²) in [6.07, 6.45) is 3.84. The molecule has 2 N–H and O–H groups in total. The Bertz CT molecular complexity index is 1500. The zero-order valence-corrected chi connectivity index (χ0v) is 19.4. The molecule has 0 aliphatic carbocycles. The number of rotatable bonds is 8. The zero-order chi connectivity index (χ0) is 22.9. The molecule has 12 heteroatoms. The van der Waals surface area contributed by atoms with Crippen molar-refractivity contribution < 1.29 is 9.63 Å². The summed E-state index contributed by atoms with van der Waals surface area (Å²) in [5.74, 6) is 1.70. The molecule has 0 bridgehead atoms. The normalized spacial score (nSPS) is 11.7. The molecule has 0 saturated heterocycles. The van der Waals surface area contributed by atoms with E-state index in [0.717, 1.165) is 19.3 Å². The fourth-order valence-electron chi connectivity index (χ4n) is 3.81. The molecule has 170 valence electrons. The molecule has 0 unspecified atom stereocenters. The van der Waals surface area contributed by atoms with Crippen molar-refractivity contribution in [1.82, 2.24) is 39.3 Å². The Morgan fingerprint density at radius 2 is 2.00 bits per heavy atom. The van der Waals surface area contributed by atoms with Gasteiger partial charge in [-0.2, -0.15) is 4.98 Å². The van der Waals surface area contributed by atoms with E-state index in [0.29, 0.717) is 58.3 Å². The third kappa shape index (κ3) is 3.90. The maximum atomic E-state index is 13.2. The van der Waals surface area contributed by atoms with Crippen LogP contribution in [-0.4, -0.2) is 44.4 Å². The van der Waals surface area contributed by atoms with Crippen LogP contribution in [0, 0.1) is 0 Å². The number of unbranched alkanes of at least 4 members (excludes halogenated alkanes) is 2. The molecule has 11 nitrogen and oxygen atoms in total. The van der Waals surface area contributed by atoms with Gasteiger partial charge in [-0.05, 0) is 34.5 Å². The van der Waals surface area contributed by atoms with Gasteiger partial charge in [0.25, 0.3) is 11.4 Å². The van der Waals surface area contributed by atoms with Crippen LogP contribution >= 0.6 is 15.9 Å². The molecule has 0 aliphatic rings. The molecule has 4 heterocycles. The molecular formula is C21H21BrN8O3. The van der Waals surface area contributed by atoms with Gasteiger partial charge < -0.3 is 14.6 Å². The molecule has 0 amide bonds. The van der Waals surface area contributed by atoms with E-state index in [1.54, 1.807) is 24.3 Å². The maximum absolute atomic E-state index is 13.2. The molecule has 0 spiro atoms. The number of para-hydroxylation sites is 1. The van der Waals surface area contributed by atoms with Crippen LogP contribution in [0.4, 0.5) is 0 Å². The molecule has 5 aromatic rings. The van der Waals surface area contributed by atoms with Crippen LogP contribution in [0.1, 0.15) is 37.8 Å². The first-order valence-corrected chi connectivity index (χ1v) is 11.5. The first-order valence-electron chi connectivity index (χ1n) is 10.7. The Kier molecular flexibility index (Phi) is 5.67. The van der Waals surface area contributed by atoms with E-state index in [1.807, 2.05) is 4.57 Å². The molecular weight excluding hydrogens is 492 g/mol. The van der Waals surface area contributed by atoms with Crippen LogP contribution in [0.25, 0.3) is 28.4 Å². The number of aromatic amines is 1. The minimum absolute atomic E-state index is 0.0644. The van der Waals surface area contributed by atoms with Gasteiger partial charge in [0.15, 0.2) is 21.7 Å². The number of nitrogens with one attached hydrogen (secondary N) is 1. The molecule has 0 atom stereocenters. The maximum Gasteiger partial charge on any atom is 0.286 e. The molecule has 33 heavy (non-hydrogen) atoms. The number of halogens is 1. The van der Waals surface area contributed by atoms with Gasteiger partial charge in [0.1, 0.15) is 11.6 Å². The number of hydrogen-bond acceptors (Lipinski definition) is 8. The van der Waals surface area contributed by atoms with E-state index >= 15 is 0 Å². The largest absolute Gasteiger partial charge is 0.507 e. The minimum Gasteiger partial charge on any atom is -0.507 e. The van der Waals surface area contributed by atoms with E-state index in [2.05, 4.69) is 53.2 Å². The number of H-pyrrole nitrogens is 1. The summed E-state index contributed by atoms with van der Waals surface area (Å²) in [6.45, 7) is 2.82. The van der Waals surface area contributed by atoms with Gasteiger partial charge in [0, 0.05) is 19.4 Å². The SMILES string of the molecule is CCCCCn1c2nc(Br)[nH]c2c(=O)n2c(CCc3noc(-c4ccccc4O)n3)nnc12. The van der Waals surface area contributed by atoms with Gasteiger partial charge >= 0.3 is 0 Å². The monoisotopic (exact) mass is 512 g/mol. The number of benzene rings is 1. The van der Waals surface area contributed by atoms with Crippen molar-refractivity contribution >= 4 is 32.9 Å². The lowest BCUT2D eigenvalue weighted by molar-refractivity contribution is 0.417. The second-order valence-electron chi connectivity index (χ2n) is 7.67. The lowest BCUT2D eigenvalue weighted by atomic mass is 10.2. The molecule has 0 fully saturated rings. The highest BCUT2D eigenvalue weighted by Crippen LogP contribution is 2.27. The molecule has 0 aliphatic heterocycles. The molecule has 0 saturated carbocycles. The fraction of sp³-hybridized carbons (Fsp3) is 0.333. The number of fused-ring (bicyclic) bond motifs is 2. The van der Waals surface area contributed by atoms with Gasteiger partial charge in [-0.3, -0.25) is 9.36 Å². The van der Waals surface area contributed by atoms with Crippen molar-refractivity contribution in [3.05, 3.63) is 51.0 Å². The molecule has 4 aromatic heterocycles. The number of aromatic nitrogens is 8. The number of aromatic hydroxyl groups is 1. The van der Waals surface area contributed by atoms with Gasteiger partial charge in [0.2, 0.25) is 5.78 Å². The average Bonchev–Trinajstić information content (AvgIpc) is 3.53. The smallest absolute Gasteiger partial charge is 0.286 e. The summed E-state index contributed by atoms with van der Waals surface area (Å²) in [4.78, 5) is 25.0. The van der Waals surface area contributed by atoms with Crippen molar-refractivity contribution in [3.63, 3.8) is 0 Å². The van der Waals surface area contributed by atoms with Crippen LogP contribution < -0.4 is 5.56 Å². The predicted octanol–water partition coefficient (Wildman–Crippen LogP) is 3.26. The second-order valence-corrected chi connectivity index (χ2v) is 8.43. The van der Waals surface area contributed by atoms with Crippen molar-refractivity contribution in [2.24, 2.45) is 0 Å². The van der Waals surface area contributed by atoms with Crippen molar-refractivity contribution in [2.45, 2.75) is 45.6 Å². The highest BCUT2D eigenvalue weighted by atomic mass is 79.9. The number of nitrogens with zero attached hydrogens (tertiary/aromatic N) is 7. The minimum atomic E-state index is -0.257. The van der Waals surface area contributed by atoms with Gasteiger partial charge in [0.05, 0.1) is 5.56 Å². The average molecular weight is 513 g/mol. The summed E-state index contributed by atoms with van der Waals surface area (Å²) in [6, 6.07) is 6.76. The highest BCUT2D eigenvalue weighted by Gasteiger charge is 2.20. The Balaban J connectivity index is 1.47. The standard InChI is InChI=1S/C21H21BrN8O3/c1-2-3-6-11-29-17-16(24-20(22)25-17)19(32)30-15(26-27-21(29)30)10-9-14-23-18(33-28-14)12-7-4-5-8-13(12)31/h4-5,7-8,31H,2-3,6,9-11H2,1H3,(H,24,25). The lowest BCUT2D eigenvalue weighted by Crippen LogP contribution is -2.21. The predicted molar refractivity (Wildman–Crippen MR) is 123 cm³/mol. The van der Waals surface area contributed by atoms with E-state index in [1.165, 1.54) is 4.40 Å². The van der Waals surface area contributed by atoms with Crippen molar-refractivity contribution in [3.8, 4) is 17.2 Å². The highest BCUT2D eigenvalue weighted by molar-refractivity contribution is 9.10. The summed E-state index contributed by atoms with van der Waals surface area (Å²) >= 11 is 3.33. The van der Waals surface area contributed by atoms with E-state index in [4.69, 9.17) is 4.52 Å². The van der Waals surface area contributed by atoms with Crippen LogP contribution in [0.3, 0.4) is 0 Å². The number of phenols is 1. The zero-order valence-electron chi connectivity index (χ0n) is 17.8. The van der Waals surface area contributed by atoms with Gasteiger partial charge in [-0.15, -0.1) is 10.2 Å².